The molecule has 1 nitrogen and oxygen atoms in total. The van der Waals surface area contributed by atoms with Gasteiger partial charge in [0.15, 0.2) is 0 Å². The van der Waals surface area contributed by atoms with Crippen LogP contribution in [-0.2, 0) is 0 Å². The normalized spacial score (nSPS) is 20.1. The van der Waals surface area contributed by atoms with E-state index in [1.807, 2.05) is 0 Å². The predicted octanol–water partition coefficient (Wildman–Crippen LogP) is 0.866. The maximum Gasteiger partial charge on any atom is 0.0276 e. The van der Waals surface area contributed by atoms with Crippen molar-refractivity contribution < 1.29 is 0 Å². The van der Waals surface area contributed by atoms with Crippen molar-refractivity contribution in [3.05, 3.63) is 0 Å². The van der Waals surface area contributed by atoms with Gasteiger partial charge in [0.25, 0.3) is 0 Å². The molecule has 1 aliphatic rings. The van der Waals surface area contributed by atoms with Gasteiger partial charge >= 0.3 is 0 Å². The van der Waals surface area contributed by atoms with Crippen LogP contribution in [0.15, 0.2) is 0 Å². The first kappa shape index (κ1) is 7.54. The third-order valence-electron chi connectivity index (χ3n) is 1.08. The minimum atomic E-state index is 0. The van der Waals surface area contributed by atoms with Crippen molar-refractivity contribution in [1.82, 2.24) is 5.32 Å². The fourth-order valence-corrected chi connectivity index (χ4v) is 0.676. The summed E-state index contributed by atoms with van der Waals surface area (Å²) < 4.78 is 0. The van der Waals surface area contributed by atoms with Crippen molar-refractivity contribution in [1.29, 1.82) is 0 Å². The minimum absolute atomic E-state index is 0. The number of hydrogen-bond acceptors (Lipinski definition) is 1. The molecule has 0 aromatic carbocycles. The molecular weight excluding hydrogens is 133 g/mol. The fourth-order valence-electron chi connectivity index (χ4n) is 0.458. The van der Waals surface area contributed by atoms with Crippen LogP contribution in [0.5, 0.6) is 0 Å². The summed E-state index contributed by atoms with van der Waals surface area (Å²) >= 11 is 5.46. The topological polar surface area (TPSA) is 12.0 Å². The molecule has 7 heavy (non-hydrogen) atoms. The lowest BCUT2D eigenvalue weighted by atomic mass is 10.1. The second-order valence-corrected chi connectivity index (χ2v) is 1.99. The van der Waals surface area contributed by atoms with Crippen LogP contribution in [0.25, 0.3) is 0 Å². The third-order valence-corrected chi connectivity index (χ3v) is 1.52. The zero-order valence-electron chi connectivity index (χ0n) is 3.98. The highest BCUT2D eigenvalue weighted by Gasteiger charge is 2.13. The van der Waals surface area contributed by atoms with Crippen molar-refractivity contribution in [2.24, 2.45) is 5.92 Å². The maximum absolute atomic E-state index is 5.46. The van der Waals surface area contributed by atoms with Crippen molar-refractivity contribution in [2.75, 3.05) is 19.0 Å². The zero-order valence-corrected chi connectivity index (χ0v) is 5.56. The molecule has 0 atom stereocenters. The zero-order chi connectivity index (χ0) is 4.41. The average molecular weight is 142 g/mol. The first-order valence-corrected chi connectivity index (χ1v) is 2.73. The van der Waals surface area contributed by atoms with E-state index in [-0.39, 0.29) is 12.4 Å². The molecule has 1 fully saturated rings. The molecule has 1 heterocycles. The van der Waals surface area contributed by atoms with Crippen molar-refractivity contribution in [3.63, 3.8) is 0 Å². The van der Waals surface area contributed by atoms with Crippen LogP contribution in [0, 0.1) is 5.92 Å². The lowest BCUT2D eigenvalue weighted by molar-refractivity contribution is 0.383. The van der Waals surface area contributed by atoms with Crippen LogP contribution in [0.2, 0.25) is 0 Å². The summed E-state index contributed by atoms with van der Waals surface area (Å²) in [5.74, 6) is 1.60. The Kier molecular flexibility index (Phi) is 3.80. The Balaban J connectivity index is 0.000000360. The summed E-state index contributed by atoms with van der Waals surface area (Å²) in [5, 5.41) is 3.13. The van der Waals surface area contributed by atoms with Gasteiger partial charge in [-0.15, -0.1) is 24.0 Å². The quantitative estimate of drug-likeness (QED) is 0.535. The monoisotopic (exact) mass is 141 g/mol. The average Bonchev–Trinajstić information content (AvgIpc) is 1.31. The van der Waals surface area contributed by atoms with E-state index in [4.69, 9.17) is 11.6 Å². The van der Waals surface area contributed by atoms with Crippen LogP contribution in [0.3, 0.4) is 0 Å². The van der Waals surface area contributed by atoms with Gasteiger partial charge in [-0.2, -0.15) is 0 Å². The van der Waals surface area contributed by atoms with Gasteiger partial charge in [-0.1, -0.05) is 0 Å². The molecule has 44 valence electrons. The first-order valence-electron chi connectivity index (χ1n) is 2.20. The molecule has 0 radical (unpaired) electrons. The molecule has 0 aromatic rings. The van der Waals surface area contributed by atoms with Crippen molar-refractivity contribution in [3.8, 4) is 0 Å². The highest BCUT2D eigenvalue weighted by molar-refractivity contribution is 6.18. The number of nitrogens with one attached hydrogen (secondary N) is 1. The molecule has 0 saturated carbocycles. The van der Waals surface area contributed by atoms with E-state index in [1.54, 1.807) is 0 Å². The Morgan fingerprint density at radius 1 is 1.57 bits per heavy atom. The maximum atomic E-state index is 5.46. The molecule has 1 aliphatic heterocycles. The Hall–Kier alpha value is 0.540. The fraction of sp³-hybridized carbons (Fsp3) is 1.00. The Bertz CT molecular complexity index is 42.2. The van der Waals surface area contributed by atoms with Gasteiger partial charge in [0.1, 0.15) is 0 Å². The summed E-state index contributed by atoms with van der Waals surface area (Å²) in [7, 11) is 0. The Morgan fingerprint density at radius 2 is 2.14 bits per heavy atom. The number of alkyl halides is 1. The molecule has 0 unspecified atom stereocenters. The van der Waals surface area contributed by atoms with Crippen molar-refractivity contribution >= 4 is 24.0 Å². The molecule has 0 aromatic heterocycles. The van der Waals surface area contributed by atoms with Gasteiger partial charge in [0.05, 0.1) is 0 Å². The molecule has 0 amide bonds. The van der Waals surface area contributed by atoms with E-state index in [0.717, 1.165) is 24.9 Å². The van der Waals surface area contributed by atoms with Crippen LogP contribution in [-0.4, -0.2) is 19.0 Å². The minimum Gasteiger partial charge on any atom is -0.316 e. The summed E-state index contributed by atoms with van der Waals surface area (Å²) in [4.78, 5) is 0. The molecule has 0 spiro atoms. The predicted molar refractivity (Wildman–Crippen MR) is 34.3 cm³/mol. The van der Waals surface area contributed by atoms with E-state index in [2.05, 4.69) is 5.32 Å². The van der Waals surface area contributed by atoms with Crippen molar-refractivity contribution in [2.45, 2.75) is 0 Å². The largest absolute Gasteiger partial charge is 0.316 e. The molecule has 0 bridgehead atoms. The molecule has 3 heteroatoms. The molecule has 1 saturated heterocycles. The number of rotatable bonds is 1. The SMILES string of the molecule is Cl.ClCC1CNC1. The van der Waals surface area contributed by atoms with E-state index >= 15 is 0 Å². The Morgan fingerprint density at radius 3 is 2.14 bits per heavy atom. The Labute approximate surface area is 54.8 Å². The van der Waals surface area contributed by atoms with Crippen LogP contribution >= 0.6 is 24.0 Å². The van der Waals surface area contributed by atoms with Crippen LogP contribution < -0.4 is 5.32 Å². The van der Waals surface area contributed by atoms with Gasteiger partial charge in [0.2, 0.25) is 0 Å². The highest BCUT2D eigenvalue weighted by atomic mass is 35.5. The molecule has 1 rings (SSSR count). The summed E-state index contributed by atoms with van der Waals surface area (Å²) in [6, 6.07) is 0. The van der Waals surface area contributed by atoms with Gasteiger partial charge in [-0.05, 0) is 5.92 Å². The lowest BCUT2D eigenvalue weighted by Crippen LogP contribution is -2.42. The molecular formula is C4H9Cl2N. The highest BCUT2D eigenvalue weighted by Crippen LogP contribution is 2.02. The van der Waals surface area contributed by atoms with E-state index in [9.17, 15) is 0 Å². The van der Waals surface area contributed by atoms with Crippen LogP contribution in [0.4, 0.5) is 0 Å². The summed E-state index contributed by atoms with van der Waals surface area (Å²) in [6.07, 6.45) is 0. The van der Waals surface area contributed by atoms with E-state index in [0.29, 0.717) is 0 Å². The smallest absolute Gasteiger partial charge is 0.0276 e. The van der Waals surface area contributed by atoms with Gasteiger partial charge in [-0.25, -0.2) is 0 Å². The first-order chi connectivity index (χ1) is 2.93. The summed E-state index contributed by atoms with van der Waals surface area (Å²) in [5.41, 5.74) is 0. The standard InChI is InChI=1S/C4H8ClN.ClH/c5-1-4-2-6-3-4;/h4,6H,1-3H2;1H. The van der Waals surface area contributed by atoms with E-state index in [1.165, 1.54) is 0 Å². The van der Waals surface area contributed by atoms with Gasteiger partial charge < -0.3 is 5.32 Å². The second kappa shape index (κ2) is 3.53. The number of halogens is 2. The lowest BCUT2D eigenvalue weighted by Gasteiger charge is -2.23. The second-order valence-electron chi connectivity index (χ2n) is 1.68. The van der Waals surface area contributed by atoms with Crippen LogP contribution in [0.1, 0.15) is 0 Å². The van der Waals surface area contributed by atoms with Gasteiger partial charge in [0, 0.05) is 19.0 Å². The summed E-state index contributed by atoms with van der Waals surface area (Å²) in [6.45, 7) is 2.26. The number of hydrogen-bond donors (Lipinski definition) is 1. The molecule has 1 N–H and O–H groups in total. The molecule has 0 aliphatic carbocycles. The van der Waals surface area contributed by atoms with E-state index < -0.39 is 0 Å². The van der Waals surface area contributed by atoms with Gasteiger partial charge in [-0.3, -0.25) is 0 Å². The third kappa shape index (κ3) is 1.85.